The van der Waals surface area contributed by atoms with Gasteiger partial charge in [-0.1, -0.05) is 44.2 Å². The van der Waals surface area contributed by atoms with E-state index in [1.165, 1.54) is 5.56 Å². The first-order valence-electron chi connectivity index (χ1n) is 5.77. The number of benzene rings is 1. The van der Waals surface area contributed by atoms with Gasteiger partial charge in [0.25, 0.3) is 0 Å². The minimum absolute atomic E-state index is 0. The molecule has 0 heterocycles. The number of para-hydroxylation sites is 1. The van der Waals surface area contributed by atoms with Gasteiger partial charge >= 0.3 is 0 Å². The molecule has 0 unspecified atom stereocenters. The zero-order chi connectivity index (χ0) is 11.8. The largest absolute Gasteiger partial charge is 0.489 e. The van der Waals surface area contributed by atoms with Crippen LogP contribution in [0.25, 0.3) is 0 Å². The third-order valence-electron chi connectivity index (χ3n) is 2.36. The van der Waals surface area contributed by atoms with Crippen molar-refractivity contribution in [2.75, 3.05) is 20.2 Å². The smallest absolute Gasteiger partial charge is 0.123 e. The molecule has 0 spiro atoms. The highest BCUT2D eigenvalue weighted by atomic mass is 35.5. The predicted molar refractivity (Wildman–Crippen MR) is 76.3 cm³/mol. The van der Waals surface area contributed by atoms with Crippen LogP contribution >= 0.6 is 12.4 Å². The molecule has 0 bridgehead atoms. The fourth-order valence-electron chi connectivity index (χ4n) is 1.50. The molecule has 0 atom stereocenters. The van der Waals surface area contributed by atoms with E-state index >= 15 is 0 Å². The van der Waals surface area contributed by atoms with Gasteiger partial charge in [0.15, 0.2) is 0 Å². The van der Waals surface area contributed by atoms with Crippen molar-refractivity contribution in [3.8, 4) is 5.75 Å². The Morgan fingerprint density at radius 3 is 2.59 bits per heavy atom. The molecule has 1 aromatic rings. The van der Waals surface area contributed by atoms with E-state index in [1.54, 1.807) is 0 Å². The van der Waals surface area contributed by atoms with Crippen molar-refractivity contribution in [1.82, 2.24) is 5.32 Å². The van der Waals surface area contributed by atoms with Gasteiger partial charge < -0.3 is 10.1 Å². The minimum Gasteiger partial charge on any atom is -0.489 e. The lowest BCUT2D eigenvalue weighted by Crippen LogP contribution is -2.05. The number of likely N-dealkylation sites (N-methyl/N-ethyl adjacent to an activating group) is 1. The molecule has 17 heavy (non-hydrogen) atoms. The molecule has 0 fully saturated rings. The summed E-state index contributed by atoms with van der Waals surface area (Å²) in [4.78, 5) is 0. The van der Waals surface area contributed by atoms with E-state index in [0.717, 1.165) is 12.3 Å². The van der Waals surface area contributed by atoms with Gasteiger partial charge in [-0.25, -0.2) is 0 Å². The van der Waals surface area contributed by atoms with E-state index in [0.29, 0.717) is 12.5 Å². The maximum Gasteiger partial charge on any atom is 0.123 e. The van der Waals surface area contributed by atoms with Crippen LogP contribution in [0, 0.1) is 0 Å². The number of ether oxygens (including phenoxy) is 1. The van der Waals surface area contributed by atoms with Crippen molar-refractivity contribution in [2.24, 2.45) is 0 Å². The summed E-state index contributed by atoms with van der Waals surface area (Å²) in [5.41, 5.74) is 1.27. The Labute approximate surface area is 110 Å². The van der Waals surface area contributed by atoms with Crippen molar-refractivity contribution in [1.29, 1.82) is 0 Å². The Bertz CT molecular complexity index is 337. The number of halogens is 1. The summed E-state index contributed by atoms with van der Waals surface area (Å²) in [7, 11) is 1.93. The lowest BCUT2D eigenvalue weighted by molar-refractivity contribution is 0.357. The summed E-state index contributed by atoms with van der Waals surface area (Å²) >= 11 is 0. The first kappa shape index (κ1) is 16.0. The molecule has 0 amide bonds. The van der Waals surface area contributed by atoms with Crippen molar-refractivity contribution in [3.05, 3.63) is 42.0 Å². The van der Waals surface area contributed by atoms with Gasteiger partial charge in [0.05, 0.1) is 0 Å². The molecular weight excluding hydrogens is 234 g/mol. The lowest BCUT2D eigenvalue weighted by Gasteiger charge is -2.12. The highest BCUT2D eigenvalue weighted by Crippen LogP contribution is 2.25. The topological polar surface area (TPSA) is 21.3 Å². The van der Waals surface area contributed by atoms with Crippen LogP contribution in [0.4, 0.5) is 0 Å². The molecule has 0 aliphatic heterocycles. The van der Waals surface area contributed by atoms with E-state index in [-0.39, 0.29) is 12.4 Å². The first-order valence-corrected chi connectivity index (χ1v) is 5.77. The molecule has 0 aliphatic rings. The van der Waals surface area contributed by atoms with Crippen LogP contribution in [-0.2, 0) is 0 Å². The van der Waals surface area contributed by atoms with Crippen molar-refractivity contribution >= 4 is 12.4 Å². The van der Waals surface area contributed by atoms with Crippen LogP contribution in [0.5, 0.6) is 5.75 Å². The standard InChI is InChI=1S/C14H21NO.ClH/c1-12(2)13-8-4-5-9-14(13)16-11-7-6-10-15-3;/h4-9,12,15H,10-11H2,1-3H3;1H. The van der Waals surface area contributed by atoms with Gasteiger partial charge in [0.1, 0.15) is 12.4 Å². The maximum atomic E-state index is 5.73. The van der Waals surface area contributed by atoms with E-state index in [1.807, 2.05) is 25.3 Å². The predicted octanol–water partition coefficient (Wildman–Crippen LogP) is 3.39. The summed E-state index contributed by atoms with van der Waals surface area (Å²) in [6, 6.07) is 8.22. The second kappa shape index (κ2) is 9.08. The molecule has 1 rings (SSSR count). The Morgan fingerprint density at radius 2 is 1.94 bits per heavy atom. The lowest BCUT2D eigenvalue weighted by atomic mass is 10.0. The molecule has 96 valence electrons. The minimum atomic E-state index is 0. The number of hydrogen-bond acceptors (Lipinski definition) is 2. The molecule has 1 N–H and O–H groups in total. The highest BCUT2D eigenvalue weighted by Gasteiger charge is 2.05. The van der Waals surface area contributed by atoms with Crippen LogP contribution < -0.4 is 10.1 Å². The van der Waals surface area contributed by atoms with Gasteiger partial charge in [0.2, 0.25) is 0 Å². The first-order chi connectivity index (χ1) is 7.75. The number of nitrogens with one attached hydrogen (secondary N) is 1. The van der Waals surface area contributed by atoms with Gasteiger partial charge in [-0.15, -0.1) is 12.4 Å². The molecular formula is C14H22ClNO. The molecule has 1 aromatic carbocycles. The van der Waals surface area contributed by atoms with E-state index < -0.39 is 0 Å². The van der Waals surface area contributed by atoms with Crippen molar-refractivity contribution < 1.29 is 4.74 Å². The number of rotatable bonds is 6. The fourth-order valence-corrected chi connectivity index (χ4v) is 1.50. The quantitative estimate of drug-likeness (QED) is 0.787. The Kier molecular flexibility index (Phi) is 8.55. The van der Waals surface area contributed by atoms with Crippen LogP contribution in [0.3, 0.4) is 0 Å². The van der Waals surface area contributed by atoms with Gasteiger partial charge in [-0.3, -0.25) is 0 Å². The molecule has 0 saturated carbocycles. The van der Waals surface area contributed by atoms with Crippen LogP contribution in [-0.4, -0.2) is 20.2 Å². The van der Waals surface area contributed by atoms with Gasteiger partial charge in [-0.2, -0.15) is 0 Å². The maximum absolute atomic E-state index is 5.73. The third-order valence-corrected chi connectivity index (χ3v) is 2.36. The Balaban J connectivity index is 0.00000256. The van der Waals surface area contributed by atoms with Crippen molar-refractivity contribution in [3.63, 3.8) is 0 Å². The Hall–Kier alpha value is -0.990. The number of hydrogen-bond donors (Lipinski definition) is 1. The molecule has 0 aliphatic carbocycles. The third kappa shape index (κ3) is 5.76. The average molecular weight is 256 g/mol. The second-order valence-corrected chi connectivity index (χ2v) is 4.03. The SMILES string of the molecule is CNCC=CCOc1ccccc1C(C)C.Cl. The molecule has 0 radical (unpaired) electrons. The van der Waals surface area contributed by atoms with Crippen molar-refractivity contribution in [2.45, 2.75) is 19.8 Å². The molecule has 2 nitrogen and oxygen atoms in total. The average Bonchev–Trinajstić information content (AvgIpc) is 2.29. The molecule has 3 heteroatoms. The van der Waals surface area contributed by atoms with E-state index in [9.17, 15) is 0 Å². The van der Waals surface area contributed by atoms with Crippen LogP contribution in [0.1, 0.15) is 25.3 Å². The Morgan fingerprint density at radius 1 is 1.24 bits per heavy atom. The zero-order valence-electron chi connectivity index (χ0n) is 10.8. The second-order valence-electron chi connectivity index (χ2n) is 4.03. The van der Waals surface area contributed by atoms with Gasteiger partial charge in [0, 0.05) is 6.54 Å². The van der Waals surface area contributed by atoms with Gasteiger partial charge in [-0.05, 0) is 24.6 Å². The monoisotopic (exact) mass is 255 g/mol. The summed E-state index contributed by atoms with van der Waals surface area (Å²) in [5, 5.41) is 3.05. The zero-order valence-corrected chi connectivity index (χ0v) is 11.6. The van der Waals surface area contributed by atoms with Crippen LogP contribution in [0.2, 0.25) is 0 Å². The van der Waals surface area contributed by atoms with Crippen LogP contribution in [0.15, 0.2) is 36.4 Å². The summed E-state index contributed by atoms with van der Waals surface area (Å²) in [6.45, 7) is 5.87. The normalized spacial score (nSPS) is 10.6. The summed E-state index contributed by atoms with van der Waals surface area (Å²) in [6.07, 6.45) is 4.10. The molecule has 0 saturated heterocycles. The summed E-state index contributed by atoms with van der Waals surface area (Å²) < 4.78 is 5.73. The van der Waals surface area contributed by atoms with E-state index in [2.05, 4.69) is 37.4 Å². The summed E-state index contributed by atoms with van der Waals surface area (Å²) in [5.74, 6) is 1.49. The van der Waals surface area contributed by atoms with E-state index in [4.69, 9.17) is 4.74 Å². The molecule has 0 aromatic heterocycles. The fraction of sp³-hybridized carbons (Fsp3) is 0.429. The highest BCUT2D eigenvalue weighted by molar-refractivity contribution is 5.85.